The zero-order chi connectivity index (χ0) is 14.8. The molecule has 0 heterocycles. The quantitative estimate of drug-likeness (QED) is 0.614. The molecule has 0 atom stereocenters. The van der Waals surface area contributed by atoms with Gasteiger partial charge in [-0.3, -0.25) is 10.1 Å². The van der Waals surface area contributed by atoms with Crippen LogP contribution in [0.5, 0.6) is 0 Å². The van der Waals surface area contributed by atoms with E-state index in [1.807, 2.05) is 0 Å². The Hall–Kier alpha value is -2.00. The second-order valence-corrected chi connectivity index (χ2v) is 5.77. The van der Waals surface area contributed by atoms with Gasteiger partial charge in [0.05, 0.1) is 15.4 Å². The second-order valence-electron chi connectivity index (χ2n) is 4.05. The minimum Gasteiger partial charge on any atom is -0.478 e. The lowest BCUT2D eigenvalue weighted by atomic mass is 10.2. The number of hydrogen-bond acceptors (Lipinski definition) is 5. The molecule has 1 aromatic rings. The van der Waals surface area contributed by atoms with E-state index in [0.717, 1.165) is 18.2 Å². The maximum absolute atomic E-state index is 11.9. The molecule has 0 bridgehead atoms. The van der Waals surface area contributed by atoms with E-state index in [2.05, 4.69) is 4.72 Å². The highest BCUT2D eigenvalue weighted by Gasteiger charge is 2.22. The summed E-state index contributed by atoms with van der Waals surface area (Å²) >= 11 is 0. The number of nitrogens with one attached hydrogen (secondary N) is 1. The number of nitrogens with zero attached hydrogens (tertiary/aromatic N) is 1. The average molecular weight is 288 g/mol. The predicted molar refractivity (Wildman–Crippen MR) is 65.5 cm³/mol. The van der Waals surface area contributed by atoms with Gasteiger partial charge in [-0.05, 0) is 19.9 Å². The molecule has 0 unspecified atom stereocenters. The number of sulfonamides is 1. The van der Waals surface area contributed by atoms with Crippen molar-refractivity contribution in [2.24, 2.45) is 0 Å². The molecule has 0 aliphatic carbocycles. The van der Waals surface area contributed by atoms with Crippen LogP contribution in [-0.2, 0) is 10.0 Å². The van der Waals surface area contributed by atoms with Gasteiger partial charge >= 0.3 is 5.97 Å². The molecule has 1 aromatic carbocycles. The minimum atomic E-state index is -3.99. The summed E-state index contributed by atoms with van der Waals surface area (Å²) in [6, 6.07) is 2.08. The molecule has 0 spiro atoms. The third-order valence-electron chi connectivity index (χ3n) is 2.05. The number of hydrogen-bond donors (Lipinski definition) is 2. The topological polar surface area (TPSA) is 127 Å². The molecular formula is C10H12N2O6S. The lowest BCUT2D eigenvalue weighted by Crippen LogP contribution is -2.30. The molecular weight excluding hydrogens is 276 g/mol. The predicted octanol–water partition coefficient (Wildman–Crippen LogP) is 0.980. The normalized spacial score (nSPS) is 11.5. The van der Waals surface area contributed by atoms with Gasteiger partial charge in [-0.2, -0.15) is 0 Å². The van der Waals surface area contributed by atoms with Crippen LogP contribution < -0.4 is 4.72 Å². The summed E-state index contributed by atoms with van der Waals surface area (Å²) in [5, 5.41) is 19.5. The molecule has 19 heavy (non-hydrogen) atoms. The van der Waals surface area contributed by atoms with Crippen molar-refractivity contribution in [3.05, 3.63) is 33.9 Å². The first kappa shape index (κ1) is 15.1. The highest BCUT2D eigenvalue weighted by molar-refractivity contribution is 7.89. The standard InChI is InChI=1S/C10H12N2O6S/c1-6(2)11-19(17,18)9-4-7(10(13)14)3-8(5-9)12(15)16/h3-6,11H,1-2H3,(H,13,14). The lowest BCUT2D eigenvalue weighted by Gasteiger charge is -2.09. The number of aromatic carboxylic acids is 1. The van der Waals surface area contributed by atoms with E-state index >= 15 is 0 Å². The molecule has 8 nitrogen and oxygen atoms in total. The van der Waals surface area contributed by atoms with Crippen LogP contribution in [0.25, 0.3) is 0 Å². The molecule has 2 N–H and O–H groups in total. The fourth-order valence-corrected chi connectivity index (χ4v) is 2.66. The molecule has 0 aliphatic heterocycles. The Kier molecular flexibility index (Phi) is 4.22. The first-order valence-corrected chi connectivity index (χ1v) is 6.67. The third kappa shape index (κ3) is 3.73. The van der Waals surface area contributed by atoms with E-state index in [9.17, 15) is 23.3 Å². The monoisotopic (exact) mass is 288 g/mol. The van der Waals surface area contributed by atoms with E-state index in [1.54, 1.807) is 13.8 Å². The van der Waals surface area contributed by atoms with Crippen LogP contribution in [0, 0.1) is 10.1 Å². The van der Waals surface area contributed by atoms with Crippen molar-refractivity contribution in [2.45, 2.75) is 24.8 Å². The Balaban J connectivity index is 3.43. The smallest absolute Gasteiger partial charge is 0.335 e. The van der Waals surface area contributed by atoms with Crippen LogP contribution in [0.4, 0.5) is 5.69 Å². The Labute approximate surface area is 109 Å². The lowest BCUT2D eigenvalue weighted by molar-refractivity contribution is -0.385. The number of benzene rings is 1. The maximum atomic E-state index is 11.9. The van der Waals surface area contributed by atoms with Crippen molar-refractivity contribution in [1.82, 2.24) is 4.72 Å². The van der Waals surface area contributed by atoms with Gasteiger partial charge in [0.15, 0.2) is 0 Å². The number of rotatable bonds is 5. The Morgan fingerprint density at radius 3 is 2.37 bits per heavy atom. The average Bonchev–Trinajstić information content (AvgIpc) is 2.26. The molecule has 0 saturated heterocycles. The van der Waals surface area contributed by atoms with E-state index in [1.165, 1.54) is 0 Å². The van der Waals surface area contributed by atoms with Gasteiger partial charge in [-0.25, -0.2) is 17.9 Å². The zero-order valence-corrected chi connectivity index (χ0v) is 11.0. The SMILES string of the molecule is CC(C)NS(=O)(=O)c1cc(C(=O)O)cc([N+](=O)[O-])c1. The van der Waals surface area contributed by atoms with Gasteiger partial charge in [-0.15, -0.1) is 0 Å². The number of non-ortho nitro benzene ring substituents is 1. The molecule has 0 fully saturated rings. The Bertz CT molecular complexity index is 591. The van der Waals surface area contributed by atoms with Crippen molar-refractivity contribution in [3.63, 3.8) is 0 Å². The molecule has 1 rings (SSSR count). The summed E-state index contributed by atoms with van der Waals surface area (Å²) in [5.41, 5.74) is -1.05. The van der Waals surface area contributed by atoms with Gasteiger partial charge in [0, 0.05) is 18.2 Å². The van der Waals surface area contributed by atoms with Crippen molar-refractivity contribution in [2.75, 3.05) is 0 Å². The van der Waals surface area contributed by atoms with Gasteiger partial charge in [0.2, 0.25) is 10.0 Å². The fourth-order valence-electron chi connectivity index (χ4n) is 1.35. The molecule has 0 saturated carbocycles. The highest BCUT2D eigenvalue weighted by atomic mass is 32.2. The Morgan fingerprint density at radius 2 is 1.95 bits per heavy atom. The summed E-state index contributed by atoms with van der Waals surface area (Å²) in [7, 11) is -3.99. The first-order chi connectivity index (χ1) is 8.63. The van der Waals surface area contributed by atoms with Crippen LogP contribution in [-0.4, -0.2) is 30.5 Å². The largest absolute Gasteiger partial charge is 0.478 e. The van der Waals surface area contributed by atoms with Crippen LogP contribution in [0.2, 0.25) is 0 Å². The fraction of sp³-hybridized carbons (Fsp3) is 0.300. The van der Waals surface area contributed by atoms with E-state index in [4.69, 9.17) is 5.11 Å². The van der Waals surface area contributed by atoms with Gasteiger partial charge in [0.1, 0.15) is 0 Å². The van der Waals surface area contributed by atoms with Gasteiger partial charge < -0.3 is 5.11 Å². The van der Waals surface area contributed by atoms with Crippen molar-refractivity contribution < 1.29 is 23.2 Å². The van der Waals surface area contributed by atoms with Crippen LogP contribution in [0.3, 0.4) is 0 Å². The maximum Gasteiger partial charge on any atom is 0.335 e. The van der Waals surface area contributed by atoms with Crippen molar-refractivity contribution in [1.29, 1.82) is 0 Å². The first-order valence-electron chi connectivity index (χ1n) is 5.18. The molecule has 0 radical (unpaired) electrons. The summed E-state index contributed by atoms with van der Waals surface area (Å²) in [6.07, 6.45) is 0. The highest BCUT2D eigenvalue weighted by Crippen LogP contribution is 2.21. The summed E-state index contributed by atoms with van der Waals surface area (Å²) in [6.45, 7) is 3.15. The minimum absolute atomic E-state index is 0.419. The number of carbonyl (C=O) groups is 1. The van der Waals surface area contributed by atoms with Gasteiger partial charge in [0.25, 0.3) is 5.69 Å². The van der Waals surface area contributed by atoms with Crippen LogP contribution in [0.1, 0.15) is 24.2 Å². The Morgan fingerprint density at radius 1 is 1.37 bits per heavy atom. The molecule has 9 heteroatoms. The third-order valence-corrected chi connectivity index (χ3v) is 3.69. The van der Waals surface area contributed by atoms with Crippen LogP contribution in [0.15, 0.2) is 23.1 Å². The molecule has 0 aromatic heterocycles. The van der Waals surface area contributed by atoms with Gasteiger partial charge in [-0.1, -0.05) is 0 Å². The molecule has 0 aliphatic rings. The van der Waals surface area contributed by atoms with E-state index in [-0.39, 0.29) is 0 Å². The van der Waals surface area contributed by atoms with Crippen molar-refractivity contribution in [3.8, 4) is 0 Å². The number of nitro groups is 1. The molecule has 0 amide bonds. The second kappa shape index (κ2) is 5.33. The summed E-state index contributed by atoms with van der Waals surface area (Å²) in [5.74, 6) is -1.44. The summed E-state index contributed by atoms with van der Waals surface area (Å²) < 4.78 is 26.0. The number of carboxylic acid groups (broad SMARTS) is 1. The molecule has 104 valence electrons. The number of nitro benzene ring substituents is 1. The van der Waals surface area contributed by atoms with E-state index < -0.39 is 43.1 Å². The number of carboxylic acids is 1. The summed E-state index contributed by atoms with van der Waals surface area (Å²) in [4.78, 5) is 20.2. The van der Waals surface area contributed by atoms with E-state index in [0.29, 0.717) is 0 Å². The van der Waals surface area contributed by atoms with Crippen LogP contribution >= 0.6 is 0 Å². The zero-order valence-electron chi connectivity index (χ0n) is 10.2. The van der Waals surface area contributed by atoms with Crippen molar-refractivity contribution >= 4 is 21.7 Å².